The van der Waals surface area contributed by atoms with Crippen LogP contribution in [0.5, 0.6) is 0 Å². The van der Waals surface area contributed by atoms with Gasteiger partial charge in [-0.05, 0) is 50.4 Å². The first-order valence-electron chi connectivity index (χ1n) is 12.1. The van der Waals surface area contributed by atoms with Crippen molar-refractivity contribution in [2.24, 2.45) is 17.2 Å². The van der Waals surface area contributed by atoms with Crippen LogP contribution in [-0.4, -0.2) is 62.2 Å². The molecule has 4 rings (SSSR count). The molecule has 2 heterocycles. The number of rotatable bonds is 9. The Hall–Kier alpha value is -3.12. The minimum absolute atomic E-state index is 0.113. The van der Waals surface area contributed by atoms with Crippen LogP contribution in [0.2, 0.25) is 0 Å². The molecule has 2 aliphatic carbocycles. The Morgan fingerprint density at radius 3 is 2.50 bits per heavy atom. The maximum Gasteiger partial charge on any atom is 0.341 e. The number of anilines is 1. The lowest BCUT2D eigenvalue weighted by Crippen LogP contribution is -2.47. The Bertz CT molecular complexity index is 1160. The van der Waals surface area contributed by atoms with Crippen molar-refractivity contribution in [2.45, 2.75) is 71.9 Å². The molecule has 36 heavy (non-hydrogen) atoms. The van der Waals surface area contributed by atoms with E-state index in [1.54, 1.807) is 5.38 Å². The number of aldehydes is 1. The number of carbonyl (C=O) groups is 4. The minimum atomic E-state index is -1.03. The van der Waals surface area contributed by atoms with E-state index in [9.17, 15) is 19.2 Å². The van der Waals surface area contributed by atoms with Gasteiger partial charge in [-0.2, -0.15) is 0 Å². The first-order chi connectivity index (χ1) is 17.0. The van der Waals surface area contributed by atoms with Gasteiger partial charge >= 0.3 is 6.03 Å². The highest BCUT2D eigenvalue weighted by Gasteiger charge is 2.39. The zero-order valence-corrected chi connectivity index (χ0v) is 21.9. The van der Waals surface area contributed by atoms with Crippen molar-refractivity contribution in [1.29, 1.82) is 0 Å². The van der Waals surface area contributed by atoms with Crippen LogP contribution in [0.3, 0.4) is 0 Å². The largest absolute Gasteiger partial charge is 0.345 e. The zero-order valence-electron chi connectivity index (χ0n) is 21.1. The normalized spacial score (nSPS) is 16.4. The van der Waals surface area contributed by atoms with Gasteiger partial charge in [0.1, 0.15) is 24.0 Å². The summed E-state index contributed by atoms with van der Waals surface area (Å²) in [7, 11) is 0. The van der Waals surface area contributed by atoms with Crippen molar-refractivity contribution < 1.29 is 19.2 Å². The van der Waals surface area contributed by atoms with Gasteiger partial charge in [0.25, 0.3) is 11.8 Å². The first-order valence-corrected chi connectivity index (χ1v) is 13.0. The summed E-state index contributed by atoms with van der Waals surface area (Å²) >= 11 is 1.38. The van der Waals surface area contributed by atoms with E-state index in [-0.39, 0.29) is 28.9 Å². The number of hydrogen-bond acceptors (Lipinski definition) is 9. The molecule has 0 bridgehead atoms. The van der Waals surface area contributed by atoms with E-state index in [4.69, 9.17) is 5.84 Å². The molecule has 0 aromatic carbocycles. The molecular formula is C24H33N7O4S. The Morgan fingerprint density at radius 2 is 1.94 bits per heavy atom. The Labute approximate surface area is 214 Å². The molecule has 2 aromatic heterocycles. The zero-order chi connectivity index (χ0) is 26.2. The fraction of sp³-hybridized carbons (Fsp3) is 0.583. The number of nitrogens with zero attached hydrogens (tertiary/aromatic N) is 5. The van der Waals surface area contributed by atoms with Crippen LogP contribution in [0.15, 0.2) is 11.7 Å². The maximum atomic E-state index is 13.7. The molecule has 0 saturated heterocycles. The minimum Gasteiger partial charge on any atom is -0.345 e. The number of nitrogens with two attached hydrogens (primary N) is 1. The second-order valence-electron chi connectivity index (χ2n) is 10.8. The summed E-state index contributed by atoms with van der Waals surface area (Å²) in [5.41, 5.74) is 1.83. The summed E-state index contributed by atoms with van der Waals surface area (Å²) in [5, 5.41) is 2.41. The van der Waals surface area contributed by atoms with Gasteiger partial charge in [-0.25, -0.2) is 20.6 Å². The van der Waals surface area contributed by atoms with Gasteiger partial charge in [-0.3, -0.25) is 24.5 Å². The third-order valence-electron chi connectivity index (χ3n) is 6.40. The molecular weight excluding hydrogens is 482 g/mol. The van der Waals surface area contributed by atoms with Gasteiger partial charge in [0.15, 0.2) is 5.13 Å². The SMILES string of the molecule is Cc1c(C(=O)N(C(=O)c2csc(N(CC3CC3)C3CC3)n2)[C@H](C=O)CC(C)(C)C)ncn1C(=O)NN. The van der Waals surface area contributed by atoms with Crippen LogP contribution in [0, 0.1) is 18.3 Å². The van der Waals surface area contributed by atoms with Crippen LogP contribution >= 0.6 is 11.3 Å². The van der Waals surface area contributed by atoms with Crippen molar-refractivity contribution in [2.75, 3.05) is 11.4 Å². The van der Waals surface area contributed by atoms with Gasteiger partial charge in [-0.1, -0.05) is 20.8 Å². The third kappa shape index (κ3) is 5.65. The lowest BCUT2D eigenvalue weighted by atomic mass is 9.87. The fourth-order valence-corrected chi connectivity index (χ4v) is 5.08. The van der Waals surface area contributed by atoms with E-state index in [2.05, 4.69) is 14.9 Å². The monoisotopic (exact) mass is 515 g/mol. The summed E-state index contributed by atoms with van der Waals surface area (Å²) in [6, 6.07) is -1.27. The molecule has 194 valence electrons. The number of thiazole rings is 1. The van der Waals surface area contributed by atoms with E-state index in [0.717, 1.165) is 40.3 Å². The van der Waals surface area contributed by atoms with Gasteiger partial charge < -0.3 is 9.69 Å². The molecule has 1 atom stereocenters. The summed E-state index contributed by atoms with van der Waals surface area (Å²) in [4.78, 5) is 63.5. The van der Waals surface area contributed by atoms with Crippen molar-refractivity contribution >= 4 is 40.6 Å². The lowest BCUT2D eigenvalue weighted by molar-refractivity contribution is -0.112. The van der Waals surface area contributed by atoms with Gasteiger partial charge in [0.2, 0.25) is 0 Å². The Kier molecular flexibility index (Phi) is 7.28. The summed E-state index contributed by atoms with van der Waals surface area (Å²) < 4.78 is 1.07. The quantitative estimate of drug-likeness (QED) is 0.171. The van der Waals surface area contributed by atoms with Gasteiger partial charge in [0.05, 0.1) is 11.7 Å². The second-order valence-corrected chi connectivity index (χ2v) is 11.6. The van der Waals surface area contributed by atoms with Crippen LogP contribution in [0.25, 0.3) is 0 Å². The first kappa shape index (κ1) is 26.0. The average molecular weight is 516 g/mol. The summed E-state index contributed by atoms with van der Waals surface area (Å²) in [6.07, 6.45) is 6.66. The molecule has 3 amide bonds. The van der Waals surface area contributed by atoms with E-state index >= 15 is 0 Å². The second kappa shape index (κ2) is 10.1. The molecule has 0 spiro atoms. The maximum absolute atomic E-state index is 13.7. The van der Waals surface area contributed by atoms with Crippen molar-refractivity contribution in [3.05, 3.63) is 28.8 Å². The smallest absolute Gasteiger partial charge is 0.341 e. The predicted molar refractivity (Wildman–Crippen MR) is 135 cm³/mol. The van der Waals surface area contributed by atoms with Gasteiger partial charge in [0, 0.05) is 18.0 Å². The average Bonchev–Trinajstić information content (AvgIpc) is 3.75. The summed E-state index contributed by atoms with van der Waals surface area (Å²) in [6.45, 7) is 8.22. The Balaban J connectivity index is 1.67. The summed E-state index contributed by atoms with van der Waals surface area (Å²) in [5.74, 6) is 4.45. The van der Waals surface area contributed by atoms with Crippen molar-refractivity contribution in [3.8, 4) is 0 Å². The fourth-order valence-electron chi connectivity index (χ4n) is 4.20. The molecule has 2 saturated carbocycles. The van der Waals surface area contributed by atoms with E-state index in [1.807, 2.05) is 26.2 Å². The van der Waals surface area contributed by atoms with E-state index < -0.39 is 23.9 Å². The molecule has 3 N–H and O–H groups in total. The molecule has 11 nitrogen and oxygen atoms in total. The number of carbonyl (C=O) groups excluding carboxylic acids is 4. The Morgan fingerprint density at radius 1 is 1.25 bits per heavy atom. The topological polar surface area (TPSA) is 144 Å². The highest BCUT2D eigenvalue weighted by atomic mass is 32.1. The molecule has 0 aliphatic heterocycles. The number of imide groups is 1. The predicted octanol–water partition coefficient (Wildman–Crippen LogP) is 2.74. The van der Waals surface area contributed by atoms with Crippen molar-refractivity contribution in [1.82, 2.24) is 24.9 Å². The molecule has 0 unspecified atom stereocenters. The number of nitrogens with one attached hydrogen (secondary N) is 1. The van der Waals surface area contributed by atoms with E-state index in [0.29, 0.717) is 18.2 Å². The van der Waals surface area contributed by atoms with Crippen LogP contribution in [0.1, 0.15) is 79.5 Å². The molecule has 2 fully saturated rings. The van der Waals surface area contributed by atoms with Crippen LogP contribution in [0.4, 0.5) is 9.93 Å². The highest BCUT2D eigenvalue weighted by Crippen LogP contribution is 2.39. The number of hydrazine groups is 1. The van der Waals surface area contributed by atoms with Gasteiger partial charge in [-0.15, -0.1) is 11.3 Å². The lowest BCUT2D eigenvalue weighted by Gasteiger charge is -2.30. The number of imidazole rings is 1. The van der Waals surface area contributed by atoms with Crippen LogP contribution in [-0.2, 0) is 4.79 Å². The number of hydrogen-bond donors (Lipinski definition) is 2. The number of amides is 3. The molecule has 12 heteroatoms. The van der Waals surface area contributed by atoms with E-state index in [1.165, 1.54) is 31.1 Å². The third-order valence-corrected chi connectivity index (χ3v) is 7.27. The van der Waals surface area contributed by atoms with Crippen molar-refractivity contribution in [3.63, 3.8) is 0 Å². The highest BCUT2D eigenvalue weighted by molar-refractivity contribution is 7.14. The molecule has 0 radical (unpaired) electrons. The van der Waals surface area contributed by atoms with Crippen LogP contribution < -0.4 is 16.2 Å². The molecule has 2 aromatic rings. The standard InChI is InChI=1S/C24H33N7O4S/c1-14-19(26-13-30(14)22(35)28-25)21(34)31(17(11-32)9-24(2,3)4)20(33)18-12-36-23(27-18)29(16-7-8-16)10-15-5-6-15/h11-13,15-17H,5-10,25H2,1-4H3,(H,28,35)/t17-/m0/s1. The molecule has 2 aliphatic rings. The number of aromatic nitrogens is 3. The number of nitrogen functional groups attached to an aromatic ring is 1.